The lowest BCUT2D eigenvalue weighted by Crippen LogP contribution is -2.29. The molecule has 2 rings (SSSR count). The third-order valence-corrected chi connectivity index (χ3v) is 3.87. The molecule has 0 bridgehead atoms. The van der Waals surface area contributed by atoms with Crippen LogP contribution < -0.4 is 10.6 Å². The second kappa shape index (κ2) is 5.83. The number of halogens is 3. The van der Waals surface area contributed by atoms with Crippen molar-refractivity contribution in [1.29, 1.82) is 0 Å². The van der Waals surface area contributed by atoms with Gasteiger partial charge in [0.25, 0.3) is 0 Å². The number of hydrogen-bond donors (Lipinski definition) is 2. The Bertz CT molecular complexity index is 543. The number of anilines is 1. The van der Waals surface area contributed by atoms with Crippen LogP contribution in [0.15, 0.2) is 23.4 Å². The lowest BCUT2D eigenvalue weighted by molar-refractivity contribution is -0.137. The number of amidine groups is 1. The highest BCUT2D eigenvalue weighted by Gasteiger charge is 2.35. The summed E-state index contributed by atoms with van der Waals surface area (Å²) in [5.74, 6) is -0.540. The van der Waals surface area contributed by atoms with Crippen LogP contribution in [0.5, 0.6) is 0 Å². The molecule has 7 heteroatoms. The first kappa shape index (κ1) is 15.5. The summed E-state index contributed by atoms with van der Waals surface area (Å²) in [6, 6.07) is 4.21. The van der Waals surface area contributed by atoms with E-state index in [1.54, 1.807) is 6.07 Å². The number of hydrogen-bond acceptors (Lipinski definition) is 3. The zero-order valence-electron chi connectivity index (χ0n) is 11.7. The van der Waals surface area contributed by atoms with Gasteiger partial charge in [-0.25, -0.2) is 0 Å². The third-order valence-electron chi connectivity index (χ3n) is 3.87. The molecule has 1 unspecified atom stereocenters. The molecule has 1 aliphatic heterocycles. The Labute approximate surface area is 121 Å². The van der Waals surface area contributed by atoms with Gasteiger partial charge in [-0.15, -0.1) is 0 Å². The van der Waals surface area contributed by atoms with Crippen molar-refractivity contribution in [3.8, 4) is 0 Å². The second-order valence-electron chi connectivity index (χ2n) is 5.11. The molecule has 116 valence electrons. The molecule has 0 amide bonds. The maximum atomic E-state index is 13.2. The molecular formula is C14H18F3N3O. The van der Waals surface area contributed by atoms with Crippen LogP contribution >= 0.6 is 0 Å². The summed E-state index contributed by atoms with van der Waals surface area (Å²) in [5, 5.41) is 11.3. The first-order valence-electron chi connectivity index (χ1n) is 6.84. The smallest absolute Gasteiger partial charge is 0.409 e. The quantitative estimate of drug-likeness (QED) is 0.390. The summed E-state index contributed by atoms with van der Waals surface area (Å²) in [5.41, 5.74) is 4.68. The van der Waals surface area contributed by atoms with Gasteiger partial charge in [0, 0.05) is 23.8 Å². The standard InChI is InChI=1S/C14H18F3N3O/c1-2-9-4-3-7-20(9)10-5-6-11(13(18)19-21)12(8-10)14(15,16)17/h5-6,8-9,21H,2-4,7H2,1H3,(H2,18,19). The van der Waals surface area contributed by atoms with Crippen molar-refractivity contribution in [3.63, 3.8) is 0 Å². The van der Waals surface area contributed by atoms with E-state index in [2.05, 4.69) is 5.16 Å². The molecule has 1 fully saturated rings. The Morgan fingerprint density at radius 2 is 2.19 bits per heavy atom. The van der Waals surface area contributed by atoms with E-state index < -0.39 is 17.6 Å². The fourth-order valence-corrected chi connectivity index (χ4v) is 2.82. The first-order chi connectivity index (χ1) is 9.88. The van der Waals surface area contributed by atoms with Gasteiger partial charge in [0.05, 0.1) is 5.56 Å². The van der Waals surface area contributed by atoms with E-state index in [9.17, 15) is 13.2 Å². The number of benzene rings is 1. The van der Waals surface area contributed by atoms with Gasteiger partial charge in [-0.3, -0.25) is 0 Å². The molecule has 1 atom stereocenters. The zero-order valence-corrected chi connectivity index (χ0v) is 11.7. The maximum absolute atomic E-state index is 13.2. The van der Waals surface area contributed by atoms with Crippen molar-refractivity contribution in [2.75, 3.05) is 11.4 Å². The lowest BCUT2D eigenvalue weighted by Gasteiger charge is -2.27. The van der Waals surface area contributed by atoms with Gasteiger partial charge in [0.15, 0.2) is 5.84 Å². The molecule has 0 saturated carbocycles. The van der Waals surface area contributed by atoms with Gasteiger partial charge in [0.2, 0.25) is 0 Å². The van der Waals surface area contributed by atoms with Crippen molar-refractivity contribution in [2.45, 2.75) is 38.4 Å². The van der Waals surface area contributed by atoms with Crippen LogP contribution in [-0.4, -0.2) is 23.6 Å². The summed E-state index contributed by atoms with van der Waals surface area (Å²) in [6.45, 7) is 2.77. The summed E-state index contributed by atoms with van der Waals surface area (Å²) < 4.78 is 39.5. The van der Waals surface area contributed by atoms with Gasteiger partial charge in [0.1, 0.15) is 0 Å². The van der Waals surface area contributed by atoms with Crippen LogP contribution in [0.4, 0.5) is 18.9 Å². The van der Waals surface area contributed by atoms with E-state index in [0.29, 0.717) is 5.69 Å². The molecule has 4 nitrogen and oxygen atoms in total. The van der Waals surface area contributed by atoms with E-state index in [1.807, 2.05) is 11.8 Å². The molecule has 1 saturated heterocycles. The highest BCUT2D eigenvalue weighted by atomic mass is 19.4. The summed E-state index contributed by atoms with van der Waals surface area (Å²) >= 11 is 0. The molecule has 1 heterocycles. The van der Waals surface area contributed by atoms with Crippen LogP contribution in [0.25, 0.3) is 0 Å². The van der Waals surface area contributed by atoms with Gasteiger partial charge in [-0.05, 0) is 37.5 Å². The van der Waals surface area contributed by atoms with Crippen molar-refractivity contribution < 1.29 is 18.4 Å². The number of alkyl halides is 3. The number of oxime groups is 1. The predicted molar refractivity (Wildman–Crippen MR) is 74.6 cm³/mol. The Hall–Kier alpha value is -1.92. The number of rotatable bonds is 3. The molecule has 0 spiro atoms. The predicted octanol–water partition coefficient (Wildman–Crippen LogP) is 3.18. The number of nitrogens with zero attached hydrogens (tertiary/aromatic N) is 2. The topological polar surface area (TPSA) is 61.8 Å². The fourth-order valence-electron chi connectivity index (χ4n) is 2.82. The van der Waals surface area contributed by atoms with E-state index in [4.69, 9.17) is 10.9 Å². The molecule has 1 aromatic carbocycles. The largest absolute Gasteiger partial charge is 0.417 e. The normalized spacial score (nSPS) is 20.1. The maximum Gasteiger partial charge on any atom is 0.417 e. The van der Waals surface area contributed by atoms with Crippen molar-refractivity contribution in [2.24, 2.45) is 10.9 Å². The molecule has 0 aliphatic carbocycles. The highest BCUT2D eigenvalue weighted by Crippen LogP contribution is 2.36. The SMILES string of the molecule is CCC1CCCN1c1ccc(/C(N)=N/O)c(C(F)(F)F)c1. The van der Waals surface area contributed by atoms with Gasteiger partial charge in [-0.2, -0.15) is 13.2 Å². The monoisotopic (exact) mass is 301 g/mol. The van der Waals surface area contributed by atoms with Crippen LogP contribution in [-0.2, 0) is 6.18 Å². The lowest BCUT2D eigenvalue weighted by atomic mass is 10.0. The average Bonchev–Trinajstić information content (AvgIpc) is 2.93. The van der Waals surface area contributed by atoms with E-state index in [1.165, 1.54) is 6.07 Å². The van der Waals surface area contributed by atoms with E-state index >= 15 is 0 Å². The molecule has 1 aliphatic rings. The summed E-state index contributed by atoms with van der Waals surface area (Å²) in [7, 11) is 0. The molecule has 21 heavy (non-hydrogen) atoms. The first-order valence-corrected chi connectivity index (χ1v) is 6.84. The average molecular weight is 301 g/mol. The Balaban J connectivity index is 2.47. The Morgan fingerprint density at radius 1 is 1.48 bits per heavy atom. The summed E-state index contributed by atoms with van der Waals surface area (Å²) in [4.78, 5) is 1.99. The van der Waals surface area contributed by atoms with E-state index in [-0.39, 0.29) is 11.6 Å². The Kier molecular flexibility index (Phi) is 4.29. The fraction of sp³-hybridized carbons (Fsp3) is 0.500. The van der Waals surface area contributed by atoms with Gasteiger partial charge in [-0.1, -0.05) is 12.1 Å². The minimum atomic E-state index is -4.55. The van der Waals surface area contributed by atoms with Crippen LogP contribution in [0, 0.1) is 0 Å². The van der Waals surface area contributed by atoms with Crippen LogP contribution in [0.1, 0.15) is 37.3 Å². The van der Waals surface area contributed by atoms with Crippen molar-refractivity contribution >= 4 is 11.5 Å². The van der Waals surface area contributed by atoms with Gasteiger partial charge < -0.3 is 15.8 Å². The van der Waals surface area contributed by atoms with Crippen molar-refractivity contribution in [3.05, 3.63) is 29.3 Å². The molecule has 1 aromatic rings. The van der Waals surface area contributed by atoms with Crippen LogP contribution in [0.3, 0.4) is 0 Å². The molecule has 0 radical (unpaired) electrons. The Morgan fingerprint density at radius 3 is 2.76 bits per heavy atom. The van der Waals surface area contributed by atoms with Crippen LogP contribution in [0.2, 0.25) is 0 Å². The van der Waals surface area contributed by atoms with Gasteiger partial charge >= 0.3 is 6.18 Å². The van der Waals surface area contributed by atoms with E-state index in [0.717, 1.165) is 31.9 Å². The molecule has 3 N–H and O–H groups in total. The summed E-state index contributed by atoms with van der Waals surface area (Å²) in [6.07, 6.45) is -1.70. The minimum Gasteiger partial charge on any atom is -0.409 e. The highest BCUT2D eigenvalue weighted by molar-refractivity contribution is 5.99. The third kappa shape index (κ3) is 3.06. The second-order valence-corrected chi connectivity index (χ2v) is 5.11. The number of nitrogens with two attached hydrogens (primary N) is 1. The zero-order chi connectivity index (χ0) is 15.6. The minimum absolute atomic E-state index is 0.265. The van der Waals surface area contributed by atoms with Crippen molar-refractivity contribution in [1.82, 2.24) is 0 Å². The molecule has 0 aromatic heterocycles. The molecular weight excluding hydrogens is 283 g/mol.